The summed E-state index contributed by atoms with van der Waals surface area (Å²) in [6, 6.07) is 4.88. The van der Waals surface area contributed by atoms with E-state index in [9.17, 15) is 9.18 Å². The van der Waals surface area contributed by atoms with Crippen molar-refractivity contribution in [2.45, 2.75) is 19.4 Å². The second kappa shape index (κ2) is 5.81. The van der Waals surface area contributed by atoms with Crippen LogP contribution in [0.25, 0.3) is 0 Å². The number of carbonyl (C=O) groups excluding carboxylic acids is 1. The van der Waals surface area contributed by atoms with Gasteiger partial charge in [0.2, 0.25) is 5.91 Å². The van der Waals surface area contributed by atoms with Crippen molar-refractivity contribution in [1.82, 2.24) is 0 Å². The smallest absolute Gasteiger partial charge is 0.224 e. The van der Waals surface area contributed by atoms with Gasteiger partial charge in [-0.3, -0.25) is 4.79 Å². The van der Waals surface area contributed by atoms with Crippen LogP contribution in [-0.4, -0.2) is 5.91 Å². The molecule has 2 aromatic rings. The highest BCUT2D eigenvalue weighted by Crippen LogP contribution is 2.30. The van der Waals surface area contributed by atoms with Crippen molar-refractivity contribution in [2.75, 3.05) is 10.6 Å². The summed E-state index contributed by atoms with van der Waals surface area (Å²) in [6.45, 7) is 0.341. The quantitative estimate of drug-likeness (QED) is 0.776. The van der Waals surface area contributed by atoms with E-state index in [0.29, 0.717) is 41.2 Å². The standard InChI is InChI=1S/C14H11Br2FN2O2/c15-9-4-8(21-14(9)16)6-18-12-5-11-7(3-10(12)17)1-2-13(20)19-11/h3-5,18H,1-2,6H2,(H,19,20). The monoisotopic (exact) mass is 416 g/mol. The number of rotatable bonds is 3. The second-order valence-electron chi connectivity index (χ2n) is 4.73. The van der Waals surface area contributed by atoms with E-state index in [0.717, 1.165) is 10.0 Å². The Morgan fingerprint density at radius 1 is 1.29 bits per heavy atom. The molecule has 0 saturated heterocycles. The zero-order chi connectivity index (χ0) is 15.0. The highest BCUT2D eigenvalue weighted by atomic mass is 79.9. The van der Waals surface area contributed by atoms with E-state index >= 15 is 0 Å². The zero-order valence-corrected chi connectivity index (χ0v) is 14.0. The molecule has 0 fully saturated rings. The van der Waals surface area contributed by atoms with E-state index in [1.165, 1.54) is 6.07 Å². The summed E-state index contributed by atoms with van der Waals surface area (Å²) < 4.78 is 20.9. The van der Waals surface area contributed by atoms with Gasteiger partial charge in [0.05, 0.1) is 16.7 Å². The number of nitrogens with one attached hydrogen (secondary N) is 2. The van der Waals surface area contributed by atoms with Gasteiger partial charge >= 0.3 is 0 Å². The Kier molecular flexibility index (Phi) is 4.03. The Morgan fingerprint density at radius 2 is 2.10 bits per heavy atom. The number of hydrogen-bond donors (Lipinski definition) is 2. The molecular weight excluding hydrogens is 407 g/mol. The molecular formula is C14H11Br2FN2O2. The van der Waals surface area contributed by atoms with Crippen molar-refractivity contribution in [3.63, 3.8) is 0 Å². The van der Waals surface area contributed by atoms with Gasteiger partial charge in [0.25, 0.3) is 0 Å². The Labute approximate surface area is 137 Å². The van der Waals surface area contributed by atoms with E-state index in [2.05, 4.69) is 42.5 Å². The molecule has 1 amide bonds. The Balaban J connectivity index is 1.79. The summed E-state index contributed by atoms with van der Waals surface area (Å²) in [6.07, 6.45) is 0.962. The lowest BCUT2D eigenvalue weighted by atomic mass is 10.0. The highest BCUT2D eigenvalue weighted by Gasteiger charge is 2.17. The number of hydrogen-bond acceptors (Lipinski definition) is 3. The van der Waals surface area contributed by atoms with Crippen LogP contribution in [0.4, 0.5) is 15.8 Å². The molecule has 0 spiro atoms. The van der Waals surface area contributed by atoms with Crippen LogP contribution < -0.4 is 10.6 Å². The topological polar surface area (TPSA) is 54.3 Å². The van der Waals surface area contributed by atoms with Gasteiger partial charge in [-0.05, 0) is 62.0 Å². The molecule has 110 valence electrons. The maximum atomic E-state index is 14.0. The summed E-state index contributed by atoms with van der Waals surface area (Å²) >= 11 is 6.57. The van der Waals surface area contributed by atoms with E-state index in [1.807, 2.05) is 0 Å². The van der Waals surface area contributed by atoms with Crippen LogP contribution in [0.15, 0.2) is 31.8 Å². The van der Waals surface area contributed by atoms with Crippen LogP contribution >= 0.6 is 31.9 Å². The molecule has 21 heavy (non-hydrogen) atoms. The Bertz CT molecular complexity index is 696. The van der Waals surface area contributed by atoms with Crippen LogP contribution in [0.1, 0.15) is 17.7 Å². The molecule has 0 saturated carbocycles. The Morgan fingerprint density at radius 3 is 2.81 bits per heavy atom. The first-order valence-electron chi connectivity index (χ1n) is 6.33. The van der Waals surface area contributed by atoms with Crippen molar-refractivity contribution in [3.05, 3.63) is 44.5 Å². The molecule has 0 radical (unpaired) electrons. The van der Waals surface area contributed by atoms with E-state index in [1.54, 1.807) is 12.1 Å². The van der Waals surface area contributed by atoms with Crippen LogP contribution in [0.2, 0.25) is 0 Å². The molecule has 1 aliphatic heterocycles. The molecule has 0 bridgehead atoms. The van der Waals surface area contributed by atoms with E-state index in [4.69, 9.17) is 4.42 Å². The van der Waals surface area contributed by atoms with Gasteiger partial charge in [-0.25, -0.2) is 4.39 Å². The SMILES string of the molecule is O=C1CCc2cc(F)c(NCc3cc(Br)c(Br)o3)cc2N1. The first-order chi connectivity index (χ1) is 10.0. The van der Waals surface area contributed by atoms with E-state index < -0.39 is 0 Å². The summed E-state index contributed by atoms with van der Waals surface area (Å²) in [5.74, 6) is 0.281. The van der Waals surface area contributed by atoms with Gasteiger partial charge in [-0.2, -0.15) is 0 Å². The minimum atomic E-state index is -0.338. The van der Waals surface area contributed by atoms with Gasteiger partial charge in [-0.1, -0.05) is 0 Å². The number of amides is 1. The van der Waals surface area contributed by atoms with Gasteiger partial charge in [0, 0.05) is 12.1 Å². The lowest BCUT2D eigenvalue weighted by Gasteiger charge is -2.18. The first kappa shape index (κ1) is 14.6. The minimum Gasteiger partial charge on any atom is -0.451 e. The second-order valence-corrected chi connectivity index (χ2v) is 6.30. The van der Waals surface area contributed by atoms with Gasteiger partial charge in [0.1, 0.15) is 11.6 Å². The molecule has 7 heteroatoms. The highest BCUT2D eigenvalue weighted by molar-refractivity contribution is 9.13. The molecule has 1 aromatic carbocycles. The fourth-order valence-corrected chi connectivity index (χ4v) is 2.85. The largest absolute Gasteiger partial charge is 0.451 e. The predicted octanol–water partition coefficient (Wildman–Crippen LogP) is 4.44. The number of benzene rings is 1. The predicted molar refractivity (Wildman–Crippen MR) is 84.8 cm³/mol. The van der Waals surface area contributed by atoms with Crippen molar-refractivity contribution in [3.8, 4) is 0 Å². The summed E-state index contributed by atoms with van der Waals surface area (Å²) in [5, 5.41) is 5.73. The van der Waals surface area contributed by atoms with Crippen molar-refractivity contribution >= 4 is 49.1 Å². The maximum Gasteiger partial charge on any atom is 0.224 e. The van der Waals surface area contributed by atoms with Crippen molar-refractivity contribution < 1.29 is 13.6 Å². The molecule has 3 rings (SSSR count). The molecule has 1 aliphatic rings. The third-order valence-corrected chi connectivity index (χ3v) is 4.95. The lowest BCUT2D eigenvalue weighted by molar-refractivity contribution is -0.116. The number of anilines is 2. The third kappa shape index (κ3) is 3.13. The number of halogens is 3. The molecule has 4 nitrogen and oxygen atoms in total. The van der Waals surface area contributed by atoms with Gasteiger partial charge in [-0.15, -0.1) is 0 Å². The Hall–Kier alpha value is -1.34. The molecule has 2 N–H and O–H groups in total. The number of fused-ring (bicyclic) bond motifs is 1. The fourth-order valence-electron chi connectivity index (χ4n) is 2.19. The minimum absolute atomic E-state index is 0.0426. The molecule has 0 aliphatic carbocycles. The maximum absolute atomic E-state index is 14.0. The zero-order valence-electron chi connectivity index (χ0n) is 10.8. The molecule has 0 atom stereocenters. The van der Waals surface area contributed by atoms with Crippen LogP contribution in [0.5, 0.6) is 0 Å². The van der Waals surface area contributed by atoms with Crippen molar-refractivity contribution in [2.24, 2.45) is 0 Å². The normalized spacial score (nSPS) is 13.8. The van der Waals surface area contributed by atoms with Crippen LogP contribution in [0.3, 0.4) is 0 Å². The van der Waals surface area contributed by atoms with Crippen LogP contribution in [0, 0.1) is 5.82 Å². The van der Waals surface area contributed by atoms with Crippen molar-refractivity contribution in [1.29, 1.82) is 0 Å². The number of carbonyl (C=O) groups is 1. The summed E-state index contributed by atoms with van der Waals surface area (Å²) in [5.41, 5.74) is 1.82. The number of aryl methyl sites for hydroxylation is 1. The van der Waals surface area contributed by atoms with Gasteiger partial charge < -0.3 is 15.1 Å². The molecule has 2 heterocycles. The average Bonchev–Trinajstić information content (AvgIpc) is 2.76. The average molecular weight is 418 g/mol. The molecule has 1 aromatic heterocycles. The number of furan rings is 1. The van der Waals surface area contributed by atoms with Gasteiger partial charge in [0.15, 0.2) is 4.67 Å². The third-order valence-electron chi connectivity index (χ3n) is 3.24. The summed E-state index contributed by atoms with van der Waals surface area (Å²) in [4.78, 5) is 11.4. The summed E-state index contributed by atoms with van der Waals surface area (Å²) in [7, 11) is 0. The first-order valence-corrected chi connectivity index (χ1v) is 7.91. The van der Waals surface area contributed by atoms with E-state index in [-0.39, 0.29) is 11.7 Å². The van der Waals surface area contributed by atoms with Crippen LogP contribution in [-0.2, 0) is 17.8 Å². The molecule has 0 unspecified atom stereocenters. The fraction of sp³-hybridized carbons (Fsp3) is 0.214. The lowest BCUT2D eigenvalue weighted by Crippen LogP contribution is -2.19.